The number of nitrogens with zero attached hydrogens (tertiary/aromatic N) is 2. The molecule has 0 atom stereocenters. The molecule has 4 heteroatoms. The van der Waals surface area contributed by atoms with E-state index in [2.05, 4.69) is 47.0 Å². The Labute approximate surface area is 153 Å². The molecule has 0 bridgehead atoms. The third kappa shape index (κ3) is 2.25. The van der Waals surface area contributed by atoms with Crippen molar-refractivity contribution in [1.82, 2.24) is 14.9 Å². The van der Waals surface area contributed by atoms with Gasteiger partial charge in [0.05, 0.1) is 0 Å². The van der Waals surface area contributed by atoms with Gasteiger partial charge in [-0.1, -0.05) is 12.1 Å². The van der Waals surface area contributed by atoms with Gasteiger partial charge in [0.15, 0.2) is 5.78 Å². The zero-order chi connectivity index (χ0) is 17.9. The maximum atomic E-state index is 12.6. The number of nitrogens with one attached hydrogen (secondary N) is 1. The molecule has 1 fully saturated rings. The van der Waals surface area contributed by atoms with Gasteiger partial charge in [-0.05, 0) is 68.7 Å². The molecule has 5 rings (SSSR count). The number of aromatic amines is 1. The van der Waals surface area contributed by atoms with Gasteiger partial charge in [-0.25, -0.2) is 4.98 Å². The van der Waals surface area contributed by atoms with Crippen molar-refractivity contribution >= 4 is 16.8 Å². The molecule has 2 aromatic heterocycles. The van der Waals surface area contributed by atoms with Crippen molar-refractivity contribution in [2.24, 2.45) is 0 Å². The first kappa shape index (κ1) is 15.8. The molecule has 0 radical (unpaired) electrons. The monoisotopic (exact) mass is 345 g/mol. The van der Waals surface area contributed by atoms with Crippen LogP contribution in [-0.2, 0) is 5.41 Å². The molecule has 0 unspecified atom stereocenters. The fourth-order valence-electron chi connectivity index (χ4n) is 4.73. The summed E-state index contributed by atoms with van der Waals surface area (Å²) in [6.07, 6.45) is 6.74. The number of Topliss-reactive ketones (excluding diaryl/α,β-unsaturated/α-hetero) is 1. The predicted octanol–water partition coefficient (Wildman–Crippen LogP) is 4.09. The van der Waals surface area contributed by atoms with Crippen molar-refractivity contribution in [3.63, 3.8) is 0 Å². The molecule has 1 aliphatic carbocycles. The molecule has 1 spiro atoms. The van der Waals surface area contributed by atoms with Crippen molar-refractivity contribution in [3.8, 4) is 11.1 Å². The Bertz CT molecular complexity index is 1030. The predicted molar refractivity (Wildman–Crippen MR) is 104 cm³/mol. The second-order valence-corrected chi connectivity index (χ2v) is 8.06. The largest absolute Gasteiger partial charge is 0.346 e. The molecule has 132 valence electrons. The standard InChI is InChI=1S/C22H23N3O/c1-14-9-17-18(13-24-21(17)23-12-14)15-3-4-16-19(10-15)22(11-20(16)26)5-7-25(2)8-6-22/h3-4,9-10,12-13H,5-8,11H2,1-2H3,(H,23,24). The number of rotatable bonds is 1. The number of piperidine rings is 1. The number of carbonyl (C=O) groups excluding carboxylic acids is 1. The summed E-state index contributed by atoms with van der Waals surface area (Å²) in [7, 11) is 2.17. The Kier molecular flexibility index (Phi) is 3.35. The first-order valence-electron chi connectivity index (χ1n) is 9.36. The van der Waals surface area contributed by atoms with Crippen molar-refractivity contribution in [2.45, 2.75) is 31.6 Å². The van der Waals surface area contributed by atoms with Crippen LogP contribution in [0.4, 0.5) is 0 Å². The lowest BCUT2D eigenvalue weighted by Gasteiger charge is -2.38. The van der Waals surface area contributed by atoms with Crippen LogP contribution >= 0.6 is 0 Å². The number of benzene rings is 1. The Morgan fingerprint density at radius 3 is 2.77 bits per heavy atom. The van der Waals surface area contributed by atoms with Gasteiger partial charge in [0, 0.05) is 40.7 Å². The van der Waals surface area contributed by atoms with Crippen LogP contribution in [0.3, 0.4) is 0 Å². The Hall–Kier alpha value is -2.46. The number of hydrogen-bond donors (Lipinski definition) is 1. The average Bonchev–Trinajstić information content (AvgIpc) is 3.17. The lowest BCUT2D eigenvalue weighted by molar-refractivity contribution is 0.0945. The van der Waals surface area contributed by atoms with Gasteiger partial charge in [-0.15, -0.1) is 0 Å². The van der Waals surface area contributed by atoms with Crippen LogP contribution in [-0.4, -0.2) is 40.8 Å². The van der Waals surface area contributed by atoms with Crippen LogP contribution in [0.2, 0.25) is 0 Å². The Morgan fingerprint density at radius 2 is 1.96 bits per heavy atom. The molecule has 1 N–H and O–H groups in total. The molecule has 1 aliphatic heterocycles. The summed E-state index contributed by atoms with van der Waals surface area (Å²) in [5, 5.41) is 1.15. The minimum absolute atomic E-state index is 0.0369. The third-order valence-corrected chi connectivity index (χ3v) is 6.31. The van der Waals surface area contributed by atoms with Crippen molar-refractivity contribution in [1.29, 1.82) is 0 Å². The minimum Gasteiger partial charge on any atom is -0.346 e. The lowest BCUT2D eigenvalue weighted by Crippen LogP contribution is -2.39. The summed E-state index contributed by atoms with van der Waals surface area (Å²) in [4.78, 5) is 22.8. The molecule has 4 nitrogen and oxygen atoms in total. The van der Waals surface area contributed by atoms with E-state index in [1.54, 1.807) is 0 Å². The topological polar surface area (TPSA) is 49.0 Å². The normalized spacial score (nSPS) is 19.4. The number of likely N-dealkylation sites (tertiary alicyclic amines) is 1. The second kappa shape index (κ2) is 5.52. The van der Waals surface area contributed by atoms with Gasteiger partial charge in [-0.3, -0.25) is 4.79 Å². The number of carbonyl (C=O) groups is 1. The van der Waals surface area contributed by atoms with Gasteiger partial charge in [0.2, 0.25) is 0 Å². The first-order chi connectivity index (χ1) is 12.6. The molecule has 3 heterocycles. The van der Waals surface area contributed by atoms with Crippen molar-refractivity contribution in [2.75, 3.05) is 20.1 Å². The molecule has 0 saturated carbocycles. The van der Waals surface area contributed by atoms with Gasteiger partial charge in [0.1, 0.15) is 5.65 Å². The first-order valence-corrected chi connectivity index (χ1v) is 9.36. The maximum Gasteiger partial charge on any atom is 0.164 e. The van der Waals surface area contributed by atoms with Crippen molar-refractivity contribution < 1.29 is 4.79 Å². The number of fused-ring (bicyclic) bond motifs is 3. The Balaban J connectivity index is 1.65. The van der Waals surface area contributed by atoms with Gasteiger partial charge in [-0.2, -0.15) is 0 Å². The fraction of sp³-hybridized carbons (Fsp3) is 0.364. The number of aryl methyl sites for hydroxylation is 1. The highest BCUT2D eigenvalue weighted by Gasteiger charge is 2.44. The summed E-state index contributed by atoms with van der Waals surface area (Å²) in [5.41, 5.74) is 6.65. The van der Waals surface area contributed by atoms with Crippen LogP contribution in [0.25, 0.3) is 22.2 Å². The number of ketones is 1. The lowest BCUT2D eigenvalue weighted by atomic mass is 9.73. The smallest absolute Gasteiger partial charge is 0.164 e. The molecule has 1 aromatic carbocycles. The van der Waals surface area contributed by atoms with Crippen LogP contribution in [0.5, 0.6) is 0 Å². The molecule has 2 aliphatic rings. The van der Waals surface area contributed by atoms with Gasteiger partial charge in [0.25, 0.3) is 0 Å². The molecule has 3 aromatic rings. The van der Waals surface area contributed by atoms with Crippen LogP contribution in [0, 0.1) is 6.92 Å². The molecular weight excluding hydrogens is 322 g/mol. The van der Waals surface area contributed by atoms with E-state index in [4.69, 9.17) is 0 Å². The summed E-state index contributed by atoms with van der Waals surface area (Å²) in [6.45, 7) is 4.19. The second-order valence-electron chi connectivity index (χ2n) is 8.06. The van der Waals surface area contributed by atoms with Crippen LogP contribution in [0.15, 0.2) is 36.7 Å². The van der Waals surface area contributed by atoms with Gasteiger partial charge < -0.3 is 9.88 Å². The summed E-state index contributed by atoms with van der Waals surface area (Å²) in [6, 6.07) is 8.59. The minimum atomic E-state index is 0.0369. The average molecular weight is 345 g/mol. The zero-order valence-corrected chi connectivity index (χ0v) is 15.3. The van der Waals surface area contributed by atoms with E-state index in [-0.39, 0.29) is 5.41 Å². The highest BCUT2D eigenvalue weighted by Crippen LogP contribution is 2.47. The highest BCUT2D eigenvalue weighted by molar-refractivity contribution is 6.03. The molecular formula is C22H23N3O. The number of H-pyrrole nitrogens is 1. The maximum absolute atomic E-state index is 12.6. The van der Waals surface area contributed by atoms with E-state index >= 15 is 0 Å². The van der Waals surface area contributed by atoms with E-state index in [1.807, 2.05) is 18.5 Å². The summed E-state index contributed by atoms with van der Waals surface area (Å²) < 4.78 is 0. The van der Waals surface area contributed by atoms with E-state index in [0.29, 0.717) is 12.2 Å². The van der Waals surface area contributed by atoms with Crippen molar-refractivity contribution in [3.05, 3.63) is 53.3 Å². The highest BCUT2D eigenvalue weighted by atomic mass is 16.1. The zero-order valence-electron chi connectivity index (χ0n) is 15.3. The molecule has 1 saturated heterocycles. The summed E-state index contributed by atoms with van der Waals surface area (Å²) >= 11 is 0. The number of aromatic nitrogens is 2. The van der Waals surface area contributed by atoms with E-state index in [1.165, 1.54) is 16.7 Å². The van der Waals surface area contributed by atoms with E-state index in [9.17, 15) is 4.79 Å². The number of pyridine rings is 1. The quantitative estimate of drug-likeness (QED) is 0.723. The third-order valence-electron chi connectivity index (χ3n) is 6.31. The van der Waals surface area contributed by atoms with Crippen LogP contribution in [0.1, 0.15) is 40.7 Å². The summed E-state index contributed by atoms with van der Waals surface area (Å²) in [5.74, 6) is 0.313. The Morgan fingerprint density at radius 1 is 1.15 bits per heavy atom. The SMILES string of the molecule is Cc1cnc2[nH]cc(-c3ccc4c(c3)C3(CCN(C)CC3)CC4=O)c2c1. The molecule has 26 heavy (non-hydrogen) atoms. The number of hydrogen-bond acceptors (Lipinski definition) is 3. The van der Waals surface area contributed by atoms with E-state index in [0.717, 1.165) is 48.1 Å². The van der Waals surface area contributed by atoms with Crippen LogP contribution < -0.4 is 0 Å². The van der Waals surface area contributed by atoms with E-state index < -0.39 is 0 Å². The fourth-order valence-corrected chi connectivity index (χ4v) is 4.73. The molecule has 0 amide bonds. The van der Waals surface area contributed by atoms with Gasteiger partial charge >= 0.3 is 0 Å².